The molecule has 2 rings (SSSR count). The van der Waals surface area contributed by atoms with Gasteiger partial charge in [0.2, 0.25) is 0 Å². The van der Waals surface area contributed by atoms with E-state index in [4.69, 9.17) is 11.6 Å². The summed E-state index contributed by atoms with van der Waals surface area (Å²) in [5, 5.41) is 2.96. The monoisotopic (exact) mass is 403 g/mol. The van der Waals surface area contributed by atoms with Gasteiger partial charge in [-0.1, -0.05) is 41.9 Å². The third-order valence-electron chi connectivity index (χ3n) is 2.90. The van der Waals surface area contributed by atoms with Crippen molar-refractivity contribution < 1.29 is 9.18 Å². The van der Waals surface area contributed by atoms with Gasteiger partial charge in [-0.15, -0.1) is 0 Å². The van der Waals surface area contributed by atoms with Crippen molar-refractivity contribution in [1.29, 1.82) is 0 Å². The first kappa shape index (κ1) is 15.3. The lowest BCUT2D eigenvalue weighted by Gasteiger charge is -2.15. The van der Waals surface area contributed by atoms with E-state index in [0.717, 1.165) is 11.6 Å². The molecule has 0 saturated heterocycles. The minimum atomic E-state index is -0.428. The minimum absolute atomic E-state index is 0.112. The van der Waals surface area contributed by atoms with Crippen molar-refractivity contribution in [2.45, 2.75) is 13.0 Å². The number of hydrogen-bond acceptors (Lipinski definition) is 1. The zero-order valence-electron chi connectivity index (χ0n) is 10.7. The predicted molar refractivity (Wildman–Crippen MR) is 86.5 cm³/mol. The van der Waals surface area contributed by atoms with Crippen LogP contribution in [0.1, 0.15) is 28.9 Å². The van der Waals surface area contributed by atoms with Crippen molar-refractivity contribution in [3.63, 3.8) is 0 Å². The normalized spacial score (nSPS) is 12.0. The highest BCUT2D eigenvalue weighted by atomic mass is 127. The van der Waals surface area contributed by atoms with Crippen LogP contribution in [0.5, 0.6) is 0 Å². The fourth-order valence-corrected chi connectivity index (χ4v) is 2.50. The highest BCUT2D eigenvalue weighted by Crippen LogP contribution is 2.23. The number of nitrogens with one attached hydrogen (secondary N) is 1. The van der Waals surface area contributed by atoms with Gasteiger partial charge in [0.25, 0.3) is 5.91 Å². The van der Waals surface area contributed by atoms with Gasteiger partial charge in [-0.2, -0.15) is 0 Å². The number of amides is 1. The summed E-state index contributed by atoms with van der Waals surface area (Å²) in [4.78, 5) is 12.2. The lowest BCUT2D eigenvalue weighted by Crippen LogP contribution is -2.27. The predicted octanol–water partition coefficient (Wildman–Crippen LogP) is 4.57. The fraction of sp³-hybridized carbons (Fsp3) is 0.133. The minimum Gasteiger partial charge on any atom is -0.345 e. The molecule has 0 aliphatic rings. The molecule has 1 amide bonds. The first-order chi connectivity index (χ1) is 9.49. The molecule has 0 aliphatic heterocycles. The van der Waals surface area contributed by atoms with E-state index in [-0.39, 0.29) is 22.5 Å². The van der Waals surface area contributed by atoms with Gasteiger partial charge in [-0.05, 0) is 47.2 Å². The SMILES string of the molecule is C[C@@H](NC(=O)c1cc(I)c(F)cc1Cl)c1ccccc1. The van der Waals surface area contributed by atoms with Crippen LogP contribution in [0.4, 0.5) is 4.39 Å². The van der Waals surface area contributed by atoms with Gasteiger partial charge >= 0.3 is 0 Å². The Bertz CT molecular complexity index is 633. The number of hydrogen-bond donors (Lipinski definition) is 1. The molecule has 1 atom stereocenters. The van der Waals surface area contributed by atoms with Gasteiger partial charge in [0.05, 0.1) is 16.6 Å². The van der Waals surface area contributed by atoms with Gasteiger partial charge in [-0.25, -0.2) is 4.39 Å². The van der Waals surface area contributed by atoms with E-state index < -0.39 is 5.82 Å². The van der Waals surface area contributed by atoms with Gasteiger partial charge in [0.15, 0.2) is 0 Å². The Morgan fingerprint density at radius 2 is 1.95 bits per heavy atom. The number of halogens is 3. The molecule has 0 aliphatic carbocycles. The van der Waals surface area contributed by atoms with E-state index in [9.17, 15) is 9.18 Å². The Balaban J connectivity index is 2.19. The van der Waals surface area contributed by atoms with E-state index >= 15 is 0 Å². The van der Waals surface area contributed by atoms with Gasteiger partial charge < -0.3 is 5.32 Å². The molecule has 0 radical (unpaired) electrons. The molecule has 0 bridgehead atoms. The summed E-state index contributed by atoms with van der Waals surface area (Å²) >= 11 is 7.75. The van der Waals surface area contributed by atoms with Crippen LogP contribution in [0.25, 0.3) is 0 Å². The second-order valence-electron chi connectivity index (χ2n) is 4.35. The zero-order chi connectivity index (χ0) is 14.7. The molecule has 2 aromatic rings. The summed E-state index contributed by atoms with van der Waals surface area (Å²) in [7, 11) is 0. The molecule has 0 fully saturated rings. The summed E-state index contributed by atoms with van der Waals surface area (Å²) in [6.45, 7) is 1.88. The first-order valence-corrected chi connectivity index (χ1v) is 7.45. The van der Waals surface area contributed by atoms with E-state index in [1.54, 1.807) is 0 Å². The van der Waals surface area contributed by atoms with Crippen molar-refractivity contribution in [2.75, 3.05) is 0 Å². The lowest BCUT2D eigenvalue weighted by molar-refractivity contribution is 0.0940. The van der Waals surface area contributed by atoms with Crippen molar-refractivity contribution >= 4 is 40.1 Å². The molecule has 2 aromatic carbocycles. The molecule has 2 nitrogen and oxygen atoms in total. The number of carbonyl (C=O) groups is 1. The van der Waals surface area contributed by atoms with Crippen molar-refractivity contribution in [3.8, 4) is 0 Å². The van der Waals surface area contributed by atoms with E-state index in [0.29, 0.717) is 3.57 Å². The molecular weight excluding hydrogens is 392 g/mol. The van der Waals surface area contributed by atoms with Crippen LogP contribution in [-0.4, -0.2) is 5.91 Å². The Labute approximate surface area is 135 Å². The third-order valence-corrected chi connectivity index (χ3v) is 4.04. The first-order valence-electron chi connectivity index (χ1n) is 5.99. The van der Waals surface area contributed by atoms with Crippen molar-refractivity contribution in [3.05, 3.63) is 68.0 Å². The Morgan fingerprint density at radius 1 is 1.30 bits per heavy atom. The second-order valence-corrected chi connectivity index (χ2v) is 5.92. The quantitative estimate of drug-likeness (QED) is 0.590. The van der Waals surface area contributed by atoms with Crippen LogP contribution in [-0.2, 0) is 0 Å². The maximum Gasteiger partial charge on any atom is 0.253 e. The van der Waals surface area contributed by atoms with Crippen LogP contribution in [0.15, 0.2) is 42.5 Å². The molecule has 0 heterocycles. The maximum atomic E-state index is 13.3. The van der Waals surface area contributed by atoms with Gasteiger partial charge in [0.1, 0.15) is 5.82 Å². The number of carbonyl (C=O) groups excluding carboxylic acids is 1. The van der Waals surface area contributed by atoms with Crippen LogP contribution in [0.3, 0.4) is 0 Å². The summed E-state index contributed by atoms with van der Waals surface area (Å²) < 4.78 is 13.7. The topological polar surface area (TPSA) is 29.1 Å². The smallest absolute Gasteiger partial charge is 0.253 e. The van der Waals surface area contributed by atoms with E-state index in [1.165, 1.54) is 6.07 Å². The highest BCUT2D eigenvalue weighted by molar-refractivity contribution is 14.1. The number of benzene rings is 2. The highest BCUT2D eigenvalue weighted by Gasteiger charge is 2.16. The molecule has 0 saturated carbocycles. The standard InChI is InChI=1S/C15H12ClFINO/c1-9(10-5-3-2-4-6-10)19-15(20)11-7-14(18)13(17)8-12(11)16/h2-9H,1H3,(H,19,20)/t9-/m1/s1. The van der Waals surface area contributed by atoms with Crippen LogP contribution >= 0.6 is 34.2 Å². The second kappa shape index (κ2) is 6.54. The molecular formula is C15H12ClFINO. The zero-order valence-corrected chi connectivity index (χ0v) is 13.6. The largest absolute Gasteiger partial charge is 0.345 e. The summed E-state index contributed by atoms with van der Waals surface area (Å²) in [6, 6.07) is 12.1. The summed E-state index contributed by atoms with van der Waals surface area (Å²) in [5.74, 6) is -0.743. The summed E-state index contributed by atoms with van der Waals surface area (Å²) in [6.07, 6.45) is 0. The molecule has 0 unspecified atom stereocenters. The summed E-state index contributed by atoms with van der Waals surface area (Å²) in [5.41, 5.74) is 1.27. The fourth-order valence-electron chi connectivity index (χ4n) is 1.80. The van der Waals surface area contributed by atoms with Crippen LogP contribution in [0, 0.1) is 9.39 Å². The van der Waals surface area contributed by atoms with E-state index in [1.807, 2.05) is 59.8 Å². The van der Waals surface area contributed by atoms with E-state index in [2.05, 4.69) is 5.32 Å². The van der Waals surface area contributed by atoms with Gasteiger partial charge in [-0.3, -0.25) is 4.79 Å². The van der Waals surface area contributed by atoms with Gasteiger partial charge in [0, 0.05) is 3.57 Å². The average Bonchev–Trinajstić information content (AvgIpc) is 2.43. The van der Waals surface area contributed by atoms with Crippen molar-refractivity contribution in [2.24, 2.45) is 0 Å². The molecule has 0 aromatic heterocycles. The van der Waals surface area contributed by atoms with Crippen molar-refractivity contribution in [1.82, 2.24) is 5.32 Å². The Morgan fingerprint density at radius 3 is 2.60 bits per heavy atom. The maximum absolute atomic E-state index is 13.3. The Hall–Kier alpha value is -1.14. The molecule has 5 heteroatoms. The average molecular weight is 404 g/mol. The lowest BCUT2D eigenvalue weighted by atomic mass is 10.1. The Kier molecular flexibility index (Phi) is 4.99. The molecule has 20 heavy (non-hydrogen) atoms. The molecule has 1 N–H and O–H groups in total. The molecule has 0 spiro atoms. The van der Waals surface area contributed by atoms with Crippen LogP contribution in [0.2, 0.25) is 5.02 Å². The third kappa shape index (κ3) is 3.49. The van der Waals surface area contributed by atoms with Crippen LogP contribution < -0.4 is 5.32 Å². The number of rotatable bonds is 3. The molecule has 104 valence electrons.